The molecule has 1 saturated carbocycles. The van der Waals surface area contributed by atoms with Crippen molar-refractivity contribution in [1.82, 2.24) is 20.9 Å². The maximum atomic E-state index is 14.4. The van der Waals surface area contributed by atoms with E-state index in [-0.39, 0.29) is 43.7 Å². The average molecular weight is 654 g/mol. The molecule has 1 spiro atoms. The minimum absolute atomic E-state index is 0.00918. The Morgan fingerprint density at radius 2 is 1.91 bits per heavy atom. The molecule has 2 fully saturated rings. The van der Waals surface area contributed by atoms with E-state index in [1.54, 1.807) is 25.1 Å². The lowest BCUT2D eigenvalue weighted by Crippen LogP contribution is -2.59. The van der Waals surface area contributed by atoms with Gasteiger partial charge >= 0.3 is 0 Å². The van der Waals surface area contributed by atoms with Crippen LogP contribution in [-0.4, -0.2) is 76.3 Å². The lowest BCUT2D eigenvalue weighted by molar-refractivity contribution is -0.145. The Balaban J connectivity index is 1.61. The topological polar surface area (TPSA) is 146 Å². The van der Waals surface area contributed by atoms with Crippen LogP contribution in [0.4, 0.5) is 0 Å². The van der Waals surface area contributed by atoms with E-state index in [9.17, 15) is 24.0 Å². The Hall–Kier alpha value is -3.91. The van der Waals surface area contributed by atoms with Gasteiger partial charge in [-0.1, -0.05) is 69.9 Å². The zero-order valence-corrected chi connectivity index (χ0v) is 27.9. The highest BCUT2D eigenvalue weighted by molar-refractivity contribution is 6.38. The number of rotatable bonds is 12. The van der Waals surface area contributed by atoms with Crippen molar-refractivity contribution < 1.29 is 28.8 Å². The number of likely N-dealkylation sites (tertiary alicyclic amines) is 1. The van der Waals surface area contributed by atoms with E-state index < -0.39 is 52.6 Å². The summed E-state index contributed by atoms with van der Waals surface area (Å²) in [5.41, 5.74) is -0.389. The summed E-state index contributed by atoms with van der Waals surface area (Å²) in [6.45, 7) is 9.07. The van der Waals surface area contributed by atoms with Gasteiger partial charge in [-0.25, -0.2) is 0 Å². The summed E-state index contributed by atoms with van der Waals surface area (Å²) in [7, 11) is 0. The van der Waals surface area contributed by atoms with Crippen LogP contribution in [0.5, 0.6) is 0 Å². The van der Waals surface area contributed by atoms with Gasteiger partial charge in [-0.15, -0.1) is 12.3 Å². The molecule has 3 N–H and O–H groups in total. The van der Waals surface area contributed by atoms with Crippen molar-refractivity contribution in [3.05, 3.63) is 34.9 Å². The zero-order valence-electron chi connectivity index (χ0n) is 27.2. The van der Waals surface area contributed by atoms with Crippen molar-refractivity contribution in [3.8, 4) is 12.3 Å². The van der Waals surface area contributed by atoms with Crippen LogP contribution in [0, 0.1) is 23.7 Å². The fourth-order valence-corrected chi connectivity index (χ4v) is 5.98. The van der Waals surface area contributed by atoms with Crippen molar-refractivity contribution in [2.24, 2.45) is 16.5 Å². The average Bonchev–Trinajstić information content (AvgIpc) is 3.59. The number of carbonyl (C=O) groups is 5. The predicted octanol–water partition coefficient (Wildman–Crippen LogP) is 3.13. The number of benzene rings is 1. The summed E-state index contributed by atoms with van der Waals surface area (Å²) in [6.07, 6.45) is 8.32. The summed E-state index contributed by atoms with van der Waals surface area (Å²) in [5.74, 6) is -0.703. The maximum Gasteiger partial charge on any atom is 0.289 e. The van der Waals surface area contributed by atoms with Crippen molar-refractivity contribution in [2.45, 2.75) is 109 Å². The van der Waals surface area contributed by atoms with E-state index in [2.05, 4.69) is 27.0 Å². The second-order valence-corrected chi connectivity index (χ2v) is 14.2. The lowest BCUT2D eigenvalue weighted by atomic mass is 9.85. The number of halogens is 1. The lowest BCUT2D eigenvalue weighted by Gasteiger charge is -2.35. The molecule has 1 aliphatic carbocycles. The Labute approximate surface area is 275 Å². The van der Waals surface area contributed by atoms with Crippen molar-refractivity contribution >= 4 is 46.7 Å². The first kappa shape index (κ1) is 35.0. The standard InChI is InChI=1S/C34H44ClN5O6/c1-7-10-24(28(42)31(44)36-23-13-14-23)37-30(43)26-18-34(17-25(39-46-34)21-11-9-12-22(35)16-21)19-40(26)32(45)29(33(4,5)6)38-27(41)15-20(3)8-2/h2,9,11-12,16,20,23-24,26,29H,7,10,13-15,17-19H2,1,3-6H3,(H,36,44)(H,37,43)(H,38,41)/t20?,24-,26-,29+,34+/m0/s1. The first-order valence-electron chi connectivity index (χ1n) is 15.9. The maximum absolute atomic E-state index is 14.4. The van der Waals surface area contributed by atoms with Crippen LogP contribution < -0.4 is 16.0 Å². The zero-order chi connectivity index (χ0) is 33.8. The molecule has 3 aliphatic rings. The molecule has 11 nitrogen and oxygen atoms in total. The van der Waals surface area contributed by atoms with Gasteiger partial charge < -0.3 is 25.7 Å². The third-order valence-corrected chi connectivity index (χ3v) is 8.76. The third kappa shape index (κ3) is 8.46. The Morgan fingerprint density at radius 3 is 2.52 bits per heavy atom. The molecule has 1 saturated heterocycles. The molecular formula is C34H44ClN5O6. The monoisotopic (exact) mass is 653 g/mol. The Morgan fingerprint density at radius 1 is 1.20 bits per heavy atom. The van der Waals surface area contributed by atoms with E-state index in [0.717, 1.165) is 18.4 Å². The van der Waals surface area contributed by atoms with Crippen molar-refractivity contribution in [1.29, 1.82) is 0 Å². The molecule has 2 aliphatic heterocycles. The first-order valence-corrected chi connectivity index (χ1v) is 16.3. The van der Waals surface area contributed by atoms with Gasteiger partial charge in [0.2, 0.25) is 23.5 Å². The number of hydrogen-bond donors (Lipinski definition) is 3. The van der Waals surface area contributed by atoms with E-state index in [4.69, 9.17) is 22.9 Å². The van der Waals surface area contributed by atoms with Crippen molar-refractivity contribution in [2.75, 3.05) is 6.54 Å². The molecule has 2 heterocycles. The number of terminal acetylenes is 1. The largest absolute Gasteiger partial charge is 0.387 e. The van der Waals surface area contributed by atoms with E-state index >= 15 is 0 Å². The van der Waals surface area contributed by atoms with Crippen LogP contribution in [0.3, 0.4) is 0 Å². The highest BCUT2D eigenvalue weighted by Gasteiger charge is 2.55. The number of amides is 4. The summed E-state index contributed by atoms with van der Waals surface area (Å²) in [6, 6.07) is 4.03. The Bertz CT molecular complexity index is 1440. The van der Waals surface area contributed by atoms with Gasteiger partial charge in [-0.3, -0.25) is 24.0 Å². The van der Waals surface area contributed by atoms with Crippen LogP contribution in [-0.2, 0) is 28.8 Å². The molecule has 1 unspecified atom stereocenters. The van der Waals surface area contributed by atoms with Gasteiger partial charge in [0.25, 0.3) is 5.91 Å². The predicted molar refractivity (Wildman–Crippen MR) is 174 cm³/mol. The molecule has 4 amide bonds. The van der Waals surface area contributed by atoms with Gasteiger partial charge in [0.05, 0.1) is 18.3 Å². The summed E-state index contributed by atoms with van der Waals surface area (Å²) >= 11 is 6.21. The smallest absolute Gasteiger partial charge is 0.289 e. The molecule has 1 aromatic rings. The van der Waals surface area contributed by atoms with Crippen LogP contribution in [0.15, 0.2) is 29.4 Å². The molecule has 0 radical (unpaired) electrons. The summed E-state index contributed by atoms with van der Waals surface area (Å²) in [4.78, 5) is 74.4. The fourth-order valence-electron chi connectivity index (χ4n) is 5.79. The number of hydrogen-bond acceptors (Lipinski definition) is 7. The quantitative estimate of drug-likeness (QED) is 0.233. The van der Waals surface area contributed by atoms with Gasteiger partial charge in [0, 0.05) is 41.8 Å². The van der Waals surface area contributed by atoms with E-state index in [1.807, 2.05) is 33.8 Å². The minimum atomic E-state index is -1.06. The molecule has 1 aromatic carbocycles. The summed E-state index contributed by atoms with van der Waals surface area (Å²) < 4.78 is 0. The number of Topliss-reactive ketones (excluding diaryl/α,β-unsaturated/α-hetero) is 1. The van der Waals surface area contributed by atoms with Gasteiger partial charge in [0.15, 0.2) is 5.60 Å². The number of carbonyl (C=O) groups excluding carboxylic acids is 5. The normalized spacial score (nSPS) is 22.6. The minimum Gasteiger partial charge on any atom is -0.387 e. The SMILES string of the molecule is C#CC(C)CC(=O)N[C@H](C(=O)N1C[C@@]2(CC(c3cccc(Cl)c3)=NO2)C[C@H]1C(=O)N[C@@H](CCC)C(=O)C(=O)NC1CC1)C(C)(C)C. The second kappa shape index (κ2) is 14.2. The molecule has 0 aromatic heterocycles. The molecule has 4 rings (SSSR count). The van der Waals surface area contributed by atoms with Crippen molar-refractivity contribution in [3.63, 3.8) is 0 Å². The summed E-state index contributed by atoms with van der Waals surface area (Å²) in [5, 5.41) is 13.2. The molecule has 12 heteroatoms. The molecule has 46 heavy (non-hydrogen) atoms. The van der Waals surface area contributed by atoms with E-state index in [0.29, 0.717) is 23.6 Å². The van der Waals surface area contributed by atoms with E-state index in [1.165, 1.54) is 4.90 Å². The van der Waals surface area contributed by atoms with Crippen LogP contribution in [0.2, 0.25) is 5.02 Å². The number of ketones is 1. The molecule has 248 valence electrons. The van der Waals surface area contributed by atoms with Gasteiger partial charge in [-0.2, -0.15) is 0 Å². The van der Waals surface area contributed by atoms with Crippen LogP contribution in [0.1, 0.15) is 85.1 Å². The highest BCUT2D eigenvalue weighted by Crippen LogP contribution is 2.40. The molecule has 0 bridgehead atoms. The number of oxime groups is 1. The Kier molecular flexibility index (Phi) is 10.8. The second-order valence-electron chi connectivity index (χ2n) is 13.8. The number of nitrogens with zero attached hydrogens (tertiary/aromatic N) is 2. The van der Waals surface area contributed by atoms with Crippen LogP contribution in [0.25, 0.3) is 0 Å². The van der Waals surface area contributed by atoms with Gasteiger partial charge in [0.1, 0.15) is 12.1 Å². The fraction of sp³-hybridized carbons (Fsp3) is 0.588. The first-order chi connectivity index (χ1) is 21.7. The molecular weight excluding hydrogens is 610 g/mol. The van der Waals surface area contributed by atoms with Crippen LogP contribution >= 0.6 is 11.6 Å². The van der Waals surface area contributed by atoms with Gasteiger partial charge in [-0.05, 0) is 36.8 Å². The third-order valence-electron chi connectivity index (χ3n) is 8.52. The molecule has 5 atom stereocenters. The highest BCUT2D eigenvalue weighted by atomic mass is 35.5. The number of nitrogens with one attached hydrogen (secondary N) is 3.